The molecule has 1 aliphatic carbocycles. The van der Waals surface area contributed by atoms with Crippen molar-refractivity contribution in [3.8, 4) is 11.8 Å². The van der Waals surface area contributed by atoms with E-state index in [1.54, 1.807) is 0 Å². The molecule has 40 valence electrons. The Hall–Kier alpha value is -0.960. The molecule has 1 rings (SSSR count). The largest absolute Gasteiger partial charge is 0.0941 e. The van der Waals surface area contributed by atoms with E-state index in [0.717, 1.165) is 12.0 Å². The molecule has 0 heteroatoms. The van der Waals surface area contributed by atoms with E-state index in [4.69, 9.17) is 0 Å². The zero-order valence-corrected chi connectivity index (χ0v) is 4.94. The number of allylic oxidation sites excluding steroid dienone is 4. The van der Waals surface area contributed by atoms with Crippen LogP contribution < -0.4 is 0 Å². The van der Waals surface area contributed by atoms with E-state index >= 15 is 0 Å². The quantitative estimate of drug-likeness (QED) is 0.412. The Balaban J connectivity index is 2.80. The second-order valence-electron chi connectivity index (χ2n) is 1.78. The molecule has 0 fully saturated rings. The van der Waals surface area contributed by atoms with Gasteiger partial charge >= 0.3 is 0 Å². The van der Waals surface area contributed by atoms with E-state index in [1.807, 2.05) is 19.1 Å². The average molecular weight is 104 g/mol. The lowest BCUT2D eigenvalue weighted by Gasteiger charge is -1.76. The molecule has 0 bridgehead atoms. The highest BCUT2D eigenvalue weighted by atomic mass is 13.8. The van der Waals surface area contributed by atoms with Crippen LogP contribution >= 0.6 is 0 Å². The average Bonchev–Trinajstić information content (AvgIpc) is 1.94. The van der Waals surface area contributed by atoms with E-state index in [9.17, 15) is 0 Å². The second kappa shape index (κ2) is 2.37. The molecule has 0 amide bonds. The van der Waals surface area contributed by atoms with Crippen molar-refractivity contribution in [3.05, 3.63) is 23.8 Å². The summed E-state index contributed by atoms with van der Waals surface area (Å²) in [6.07, 6.45) is 7.01. The van der Waals surface area contributed by atoms with Gasteiger partial charge in [0, 0.05) is 6.42 Å². The predicted octanol–water partition coefficient (Wildman–Crippen LogP) is 1.90. The molecule has 0 saturated carbocycles. The summed E-state index contributed by atoms with van der Waals surface area (Å²) < 4.78 is 0. The highest BCUT2D eigenvalue weighted by Gasteiger charge is 1.79. The number of rotatable bonds is 0. The zero-order valence-electron chi connectivity index (χ0n) is 4.94. The normalized spacial score (nSPS) is 15.9. The Kier molecular flexibility index (Phi) is 1.54. The van der Waals surface area contributed by atoms with Gasteiger partial charge in [0.25, 0.3) is 0 Å². The molecular weight excluding hydrogens is 96.1 g/mol. The van der Waals surface area contributed by atoms with Gasteiger partial charge in [-0.15, -0.1) is 0 Å². The van der Waals surface area contributed by atoms with Gasteiger partial charge in [-0.2, -0.15) is 0 Å². The predicted molar refractivity (Wildman–Crippen MR) is 35.3 cm³/mol. The molecule has 0 heterocycles. The SMILES string of the molecule is CC1=CC=CCC#C1. The summed E-state index contributed by atoms with van der Waals surface area (Å²) in [7, 11) is 0. The molecule has 8 heavy (non-hydrogen) atoms. The van der Waals surface area contributed by atoms with Crippen LogP contribution in [0.3, 0.4) is 0 Å². The molecule has 0 saturated heterocycles. The third-order valence-electron chi connectivity index (χ3n) is 0.988. The molecule has 0 aliphatic heterocycles. The van der Waals surface area contributed by atoms with Crippen LogP contribution in [0.5, 0.6) is 0 Å². The molecule has 0 N–H and O–H groups in total. The van der Waals surface area contributed by atoms with Gasteiger partial charge < -0.3 is 0 Å². The van der Waals surface area contributed by atoms with Gasteiger partial charge in [0.1, 0.15) is 0 Å². The Labute approximate surface area is 49.9 Å². The fourth-order valence-electron chi connectivity index (χ4n) is 0.571. The van der Waals surface area contributed by atoms with Crippen molar-refractivity contribution in [3.63, 3.8) is 0 Å². The van der Waals surface area contributed by atoms with E-state index in [1.165, 1.54) is 0 Å². The molecular formula is C8H8. The summed E-state index contributed by atoms with van der Waals surface area (Å²) in [5.41, 5.74) is 1.15. The van der Waals surface area contributed by atoms with Crippen LogP contribution in [0.1, 0.15) is 13.3 Å². The van der Waals surface area contributed by atoms with Crippen molar-refractivity contribution in [2.45, 2.75) is 13.3 Å². The second-order valence-corrected chi connectivity index (χ2v) is 1.78. The van der Waals surface area contributed by atoms with Crippen LogP contribution in [0, 0.1) is 11.8 Å². The molecule has 0 spiro atoms. The minimum Gasteiger partial charge on any atom is -0.0941 e. The molecule has 1 aliphatic rings. The van der Waals surface area contributed by atoms with E-state index in [2.05, 4.69) is 17.9 Å². The van der Waals surface area contributed by atoms with E-state index in [0.29, 0.717) is 0 Å². The molecule has 0 nitrogen and oxygen atoms in total. The first kappa shape index (κ1) is 5.18. The van der Waals surface area contributed by atoms with E-state index < -0.39 is 0 Å². The Morgan fingerprint density at radius 1 is 1.62 bits per heavy atom. The minimum atomic E-state index is 0.897. The van der Waals surface area contributed by atoms with Crippen LogP contribution in [-0.4, -0.2) is 0 Å². The minimum absolute atomic E-state index is 0.897. The van der Waals surface area contributed by atoms with Crippen LogP contribution in [0.15, 0.2) is 23.8 Å². The van der Waals surface area contributed by atoms with Crippen LogP contribution in [0.2, 0.25) is 0 Å². The monoisotopic (exact) mass is 104 g/mol. The molecule has 0 unspecified atom stereocenters. The lowest BCUT2D eigenvalue weighted by molar-refractivity contribution is 1.48. The van der Waals surface area contributed by atoms with Crippen molar-refractivity contribution in [2.75, 3.05) is 0 Å². The van der Waals surface area contributed by atoms with Crippen molar-refractivity contribution < 1.29 is 0 Å². The summed E-state index contributed by atoms with van der Waals surface area (Å²) in [6, 6.07) is 0. The maximum absolute atomic E-state index is 2.99. The highest BCUT2D eigenvalue weighted by Crippen LogP contribution is 1.95. The standard InChI is InChI=1S/C8H8/c1-8-6-4-2-3-5-7-8/h2,4,6H,3H2,1H3. The van der Waals surface area contributed by atoms with Gasteiger partial charge in [-0.1, -0.05) is 30.1 Å². The highest BCUT2D eigenvalue weighted by molar-refractivity contribution is 5.33. The molecule has 0 aromatic carbocycles. The molecule has 0 aromatic rings. The topological polar surface area (TPSA) is 0 Å². The van der Waals surface area contributed by atoms with Crippen molar-refractivity contribution in [1.29, 1.82) is 0 Å². The van der Waals surface area contributed by atoms with Gasteiger partial charge in [-0.3, -0.25) is 0 Å². The number of hydrogen-bond acceptors (Lipinski definition) is 0. The Bertz CT molecular complexity index is 184. The lowest BCUT2D eigenvalue weighted by atomic mass is 10.3. The van der Waals surface area contributed by atoms with Crippen molar-refractivity contribution in [1.82, 2.24) is 0 Å². The lowest BCUT2D eigenvalue weighted by Crippen LogP contribution is -1.61. The van der Waals surface area contributed by atoms with Gasteiger partial charge in [-0.25, -0.2) is 0 Å². The summed E-state index contributed by atoms with van der Waals surface area (Å²) in [6.45, 7) is 2.02. The fourth-order valence-corrected chi connectivity index (χ4v) is 0.571. The summed E-state index contributed by atoms with van der Waals surface area (Å²) >= 11 is 0. The fraction of sp³-hybridized carbons (Fsp3) is 0.250. The van der Waals surface area contributed by atoms with Crippen LogP contribution in [-0.2, 0) is 0 Å². The first-order valence-corrected chi connectivity index (χ1v) is 2.72. The van der Waals surface area contributed by atoms with Crippen molar-refractivity contribution in [2.24, 2.45) is 0 Å². The van der Waals surface area contributed by atoms with Gasteiger partial charge in [-0.05, 0) is 12.5 Å². The zero-order chi connectivity index (χ0) is 5.82. The maximum Gasteiger partial charge on any atom is 0.0276 e. The Morgan fingerprint density at radius 2 is 2.50 bits per heavy atom. The third kappa shape index (κ3) is 1.27. The molecule has 0 radical (unpaired) electrons. The first-order chi connectivity index (χ1) is 3.89. The summed E-state index contributed by atoms with van der Waals surface area (Å²) in [5, 5.41) is 0. The first-order valence-electron chi connectivity index (χ1n) is 2.72. The molecule has 0 atom stereocenters. The van der Waals surface area contributed by atoms with Crippen LogP contribution in [0.4, 0.5) is 0 Å². The van der Waals surface area contributed by atoms with Gasteiger partial charge in [0.2, 0.25) is 0 Å². The van der Waals surface area contributed by atoms with Gasteiger partial charge in [0.05, 0.1) is 0 Å². The summed E-state index contributed by atoms with van der Waals surface area (Å²) in [4.78, 5) is 0. The summed E-state index contributed by atoms with van der Waals surface area (Å²) in [5.74, 6) is 5.98. The molecule has 0 aromatic heterocycles. The van der Waals surface area contributed by atoms with Crippen LogP contribution in [0.25, 0.3) is 0 Å². The van der Waals surface area contributed by atoms with Gasteiger partial charge in [0.15, 0.2) is 0 Å². The van der Waals surface area contributed by atoms with E-state index in [-0.39, 0.29) is 0 Å². The smallest absolute Gasteiger partial charge is 0.0276 e. The third-order valence-corrected chi connectivity index (χ3v) is 0.988. The number of hydrogen-bond donors (Lipinski definition) is 0. The van der Waals surface area contributed by atoms with Crippen molar-refractivity contribution >= 4 is 0 Å². The maximum atomic E-state index is 2.99. The Morgan fingerprint density at radius 3 is 3.38 bits per heavy atom.